The van der Waals surface area contributed by atoms with Crippen molar-refractivity contribution in [3.63, 3.8) is 0 Å². The molecule has 0 unspecified atom stereocenters. The maximum atomic E-state index is 2.44. The summed E-state index contributed by atoms with van der Waals surface area (Å²) in [5.74, 6) is 2.44. The molecule has 1 aliphatic rings. The van der Waals surface area contributed by atoms with Crippen molar-refractivity contribution in [1.29, 1.82) is 0 Å². The third-order valence-corrected chi connectivity index (χ3v) is 4.94. The molecule has 0 spiro atoms. The zero-order valence-electron chi connectivity index (χ0n) is 5.61. The topological polar surface area (TPSA) is 0 Å². The Bertz CT molecular complexity index is 55.4. The van der Waals surface area contributed by atoms with Gasteiger partial charge in [0.1, 0.15) is 0 Å². The van der Waals surface area contributed by atoms with Gasteiger partial charge in [0, 0.05) is 0 Å². The Labute approximate surface area is 58.5 Å². The Morgan fingerprint density at radius 3 is 2.12 bits per heavy atom. The first-order chi connectivity index (χ1) is 3.93. The van der Waals surface area contributed by atoms with Crippen LogP contribution in [0.3, 0.4) is 0 Å². The van der Waals surface area contributed by atoms with Crippen molar-refractivity contribution >= 4 is 15.4 Å². The molecule has 1 fully saturated rings. The molecule has 0 N–H and O–H groups in total. The van der Waals surface area contributed by atoms with E-state index in [4.69, 9.17) is 0 Å². The second-order valence-electron chi connectivity index (χ2n) is 2.62. The van der Waals surface area contributed by atoms with Gasteiger partial charge < -0.3 is 0 Å². The van der Waals surface area contributed by atoms with Crippen LogP contribution >= 0.6 is 0 Å². The molecule has 0 aliphatic heterocycles. The normalized spacial score (nSPS) is 23.6. The molecule has 46 valence electrons. The zero-order valence-corrected chi connectivity index (χ0v) is 7.71. The first-order valence-electron chi connectivity index (χ1n) is 3.61. The summed E-state index contributed by atoms with van der Waals surface area (Å²) < 4.78 is 1.21. The van der Waals surface area contributed by atoms with Gasteiger partial charge in [-0.15, -0.1) is 0 Å². The van der Waals surface area contributed by atoms with Crippen LogP contribution in [0.1, 0.15) is 32.1 Å². The molecule has 8 heavy (non-hydrogen) atoms. The maximum absolute atomic E-state index is 2.44. The van der Waals surface area contributed by atoms with Crippen LogP contribution in [-0.4, -0.2) is 15.4 Å². The standard InChI is InChI=1S/C7H14Ge/c1-8-7-5-3-2-4-6-7/h7H,2-6H2,1H3. The molecule has 0 nitrogen and oxygen atoms in total. The van der Waals surface area contributed by atoms with E-state index in [1.54, 1.807) is 12.8 Å². The molecule has 0 bridgehead atoms. The molecule has 1 saturated carbocycles. The SMILES string of the molecule is [CH3][Ge][CH]1CCCCC1. The Balaban J connectivity index is 2.13. The summed E-state index contributed by atoms with van der Waals surface area (Å²) in [6, 6.07) is 0. The predicted molar refractivity (Wildman–Crippen MR) is 38.5 cm³/mol. The molecule has 0 aromatic rings. The van der Waals surface area contributed by atoms with Crippen LogP contribution in [0.25, 0.3) is 0 Å². The Kier molecular flexibility index (Phi) is 2.95. The fraction of sp³-hybridized carbons (Fsp3) is 1.00. The van der Waals surface area contributed by atoms with E-state index in [1.807, 2.05) is 0 Å². The molecule has 2 radical (unpaired) electrons. The first-order valence-corrected chi connectivity index (χ1v) is 6.91. The van der Waals surface area contributed by atoms with Crippen molar-refractivity contribution in [3.05, 3.63) is 0 Å². The predicted octanol–water partition coefficient (Wildman–Crippen LogP) is 2.49. The molecule has 0 aromatic heterocycles. The molecule has 0 atom stereocenters. The molecular weight excluding hydrogens is 157 g/mol. The monoisotopic (exact) mass is 172 g/mol. The molecule has 1 rings (SSSR count). The molecule has 0 saturated heterocycles. The van der Waals surface area contributed by atoms with Gasteiger partial charge in [-0.3, -0.25) is 0 Å². The van der Waals surface area contributed by atoms with Gasteiger partial charge in [-0.1, -0.05) is 0 Å². The van der Waals surface area contributed by atoms with E-state index < -0.39 is 0 Å². The van der Waals surface area contributed by atoms with E-state index in [9.17, 15) is 0 Å². The van der Waals surface area contributed by atoms with Gasteiger partial charge in [-0.25, -0.2) is 0 Å². The second kappa shape index (κ2) is 3.55. The van der Waals surface area contributed by atoms with Gasteiger partial charge in [0.25, 0.3) is 0 Å². The minimum atomic E-state index is 0.473. The fourth-order valence-corrected chi connectivity index (χ4v) is 3.46. The Hall–Kier alpha value is 0.543. The average Bonchev–Trinajstić information content (AvgIpc) is 1.90. The average molecular weight is 171 g/mol. The van der Waals surface area contributed by atoms with Crippen LogP contribution in [0.5, 0.6) is 0 Å². The molecule has 0 amide bonds. The summed E-state index contributed by atoms with van der Waals surface area (Å²) in [5, 5.41) is 0. The van der Waals surface area contributed by atoms with Crippen LogP contribution in [0.15, 0.2) is 0 Å². The van der Waals surface area contributed by atoms with E-state index in [0.717, 1.165) is 0 Å². The van der Waals surface area contributed by atoms with Crippen molar-refractivity contribution in [2.45, 2.75) is 42.6 Å². The quantitative estimate of drug-likeness (QED) is 0.531. The van der Waals surface area contributed by atoms with Crippen LogP contribution < -0.4 is 0 Å². The van der Waals surface area contributed by atoms with Crippen LogP contribution in [0, 0.1) is 0 Å². The number of hydrogen-bond acceptors (Lipinski definition) is 0. The minimum absolute atomic E-state index is 0.473. The third kappa shape index (κ3) is 1.81. The fourth-order valence-electron chi connectivity index (χ4n) is 1.39. The van der Waals surface area contributed by atoms with Crippen molar-refractivity contribution in [2.24, 2.45) is 0 Å². The summed E-state index contributed by atoms with van der Waals surface area (Å²) in [6.45, 7) is 0. The zero-order chi connectivity index (χ0) is 5.82. The van der Waals surface area contributed by atoms with Crippen molar-refractivity contribution in [1.82, 2.24) is 0 Å². The summed E-state index contributed by atoms with van der Waals surface area (Å²) >= 11 is 0.473. The third-order valence-electron chi connectivity index (χ3n) is 2.01. The van der Waals surface area contributed by atoms with E-state index >= 15 is 0 Å². The Morgan fingerprint density at radius 1 is 1.12 bits per heavy atom. The van der Waals surface area contributed by atoms with Gasteiger partial charge in [-0.2, -0.15) is 0 Å². The van der Waals surface area contributed by atoms with Gasteiger partial charge in [0.15, 0.2) is 0 Å². The summed E-state index contributed by atoms with van der Waals surface area (Å²) in [4.78, 5) is 0. The number of rotatable bonds is 1. The van der Waals surface area contributed by atoms with E-state index in [-0.39, 0.29) is 0 Å². The van der Waals surface area contributed by atoms with Crippen LogP contribution in [0.4, 0.5) is 0 Å². The van der Waals surface area contributed by atoms with E-state index in [0.29, 0.717) is 15.4 Å². The van der Waals surface area contributed by atoms with Gasteiger partial charge >= 0.3 is 58.0 Å². The van der Waals surface area contributed by atoms with Crippen molar-refractivity contribution < 1.29 is 0 Å². The number of hydrogen-bond donors (Lipinski definition) is 0. The van der Waals surface area contributed by atoms with Gasteiger partial charge in [-0.05, 0) is 0 Å². The van der Waals surface area contributed by atoms with Gasteiger partial charge in [0.2, 0.25) is 0 Å². The molecular formula is C7H14Ge. The summed E-state index contributed by atoms with van der Waals surface area (Å²) in [5.41, 5.74) is 0. The molecule has 1 aliphatic carbocycles. The van der Waals surface area contributed by atoms with Crippen LogP contribution in [-0.2, 0) is 0 Å². The molecule has 0 heterocycles. The van der Waals surface area contributed by atoms with Crippen molar-refractivity contribution in [3.8, 4) is 0 Å². The first kappa shape index (κ1) is 6.66. The van der Waals surface area contributed by atoms with Crippen LogP contribution in [0.2, 0.25) is 10.5 Å². The van der Waals surface area contributed by atoms with E-state index in [1.165, 1.54) is 24.0 Å². The second-order valence-corrected chi connectivity index (χ2v) is 5.55. The van der Waals surface area contributed by atoms with Gasteiger partial charge in [0.05, 0.1) is 0 Å². The molecule has 0 aromatic carbocycles. The Morgan fingerprint density at radius 2 is 1.75 bits per heavy atom. The molecule has 1 heteroatoms. The summed E-state index contributed by atoms with van der Waals surface area (Å²) in [7, 11) is 0. The van der Waals surface area contributed by atoms with E-state index in [2.05, 4.69) is 5.76 Å². The van der Waals surface area contributed by atoms with Crippen molar-refractivity contribution in [2.75, 3.05) is 0 Å². The summed E-state index contributed by atoms with van der Waals surface area (Å²) in [6.07, 6.45) is 7.71.